The zero-order valence-electron chi connectivity index (χ0n) is 30.9. The molecule has 0 rings (SSSR count). The Morgan fingerprint density at radius 2 is 0.400 bits per heavy atom. The summed E-state index contributed by atoms with van der Waals surface area (Å²) >= 11 is 0. The summed E-state index contributed by atoms with van der Waals surface area (Å²) in [6.45, 7) is 4.53. The molecule has 0 aromatic carbocycles. The molecule has 0 atom stereocenters. The van der Waals surface area contributed by atoms with E-state index in [1.54, 1.807) is 0 Å². The molecule has 0 aromatic heterocycles. The molecule has 0 bridgehead atoms. The summed E-state index contributed by atoms with van der Waals surface area (Å²) in [6.07, 6.45) is 47.9. The highest BCUT2D eigenvalue weighted by Crippen LogP contribution is 2.16. The molecule has 0 fully saturated rings. The molecular formula is C41H82O4. The van der Waals surface area contributed by atoms with Crippen molar-refractivity contribution in [2.24, 2.45) is 0 Å². The van der Waals surface area contributed by atoms with E-state index in [-0.39, 0.29) is 0 Å². The van der Waals surface area contributed by atoms with Crippen LogP contribution in [0.5, 0.6) is 0 Å². The van der Waals surface area contributed by atoms with Crippen molar-refractivity contribution in [1.29, 1.82) is 0 Å². The van der Waals surface area contributed by atoms with Crippen LogP contribution in [0.25, 0.3) is 0 Å². The van der Waals surface area contributed by atoms with Crippen LogP contribution in [0.4, 0.5) is 0 Å². The van der Waals surface area contributed by atoms with E-state index >= 15 is 0 Å². The number of aliphatic carboxylic acids is 2. The summed E-state index contributed by atoms with van der Waals surface area (Å²) < 4.78 is 0. The Balaban J connectivity index is 0. The summed E-state index contributed by atoms with van der Waals surface area (Å²) in [5, 5.41) is 17.0. The number of hydrogen-bond donors (Lipinski definition) is 2. The lowest BCUT2D eigenvalue weighted by molar-refractivity contribution is -0.138. The molecule has 270 valence electrons. The SMILES string of the molecule is CCCCCCCCCCCCC(=O)O.CCCCCCCCCCCCCCCCCCCCCCCCCCCC(=O)O. The first-order valence-corrected chi connectivity index (χ1v) is 20.5. The number of unbranched alkanes of at least 4 members (excludes halogenated alkanes) is 33. The van der Waals surface area contributed by atoms with Crippen LogP contribution in [-0.2, 0) is 9.59 Å². The standard InChI is InChI=1S/C28H56O2.C13H26O2/c1-2-3-4-5-6-7-8-9-10-11-12-13-14-15-16-17-18-19-20-21-22-23-24-25-26-27-28(29)30;1-2-3-4-5-6-7-8-9-10-11-12-13(14)15/h2-27H2,1H3,(H,29,30);2-12H2,1H3,(H,14,15). The zero-order valence-corrected chi connectivity index (χ0v) is 30.9. The average molecular weight is 639 g/mol. The van der Waals surface area contributed by atoms with Crippen molar-refractivity contribution in [3.8, 4) is 0 Å². The van der Waals surface area contributed by atoms with E-state index in [9.17, 15) is 9.59 Å². The third kappa shape index (κ3) is 50.0. The van der Waals surface area contributed by atoms with Crippen molar-refractivity contribution in [3.05, 3.63) is 0 Å². The molecule has 0 radical (unpaired) electrons. The maximum atomic E-state index is 10.4. The lowest BCUT2D eigenvalue weighted by Gasteiger charge is -2.04. The summed E-state index contributed by atoms with van der Waals surface area (Å²) in [5.74, 6) is -1.31. The summed E-state index contributed by atoms with van der Waals surface area (Å²) in [7, 11) is 0. The molecule has 0 unspecified atom stereocenters. The molecule has 0 spiro atoms. The number of carboxylic acid groups (broad SMARTS) is 2. The molecule has 2 N–H and O–H groups in total. The van der Waals surface area contributed by atoms with Gasteiger partial charge in [0.2, 0.25) is 0 Å². The molecule has 0 aliphatic heterocycles. The monoisotopic (exact) mass is 639 g/mol. The van der Waals surface area contributed by atoms with Crippen LogP contribution in [0.15, 0.2) is 0 Å². The van der Waals surface area contributed by atoms with Crippen molar-refractivity contribution in [1.82, 2.24) is 0 Å². The third-order valence-corrected chi connectivity index (χ3v) is 9.24. The van der Waals surface area contributed by atoms with Crippen molar-refractivity contribution in [2.75, 3.05) is 0 Å². The van der Waals surface area contributed by atoms with Crippen molar-refractivity contribution < 1.29 is 19.8 Å². The topological polar surface area (TPSA) is 74.6 Å². The largest absolute Gasteiger partial charge is 0.481 e. The zero-order chi connectivity index (χ0) is 33.3. The molecule has 4 heteroatoms. The minimum absolute atomic E-state index is 0.344. The highest BCUT2D eigenvalue weighted by atomic mass is 16.4. The number of hydrogen-bond acceptors (Lipinski definition) is 2. The fourth-order valence-corrected chi connectivity index (χ4v) is 6.18. The Bertz CT molecular complexity index is 562. The second-order valence-corrected chi connectivity index (χ2v) is 14.0. The molecule has 45 heavy (non-hydrogen) atoms. The molecule has 0 saturated heterocycles. The van der Waals surface area contributed by atoms with E-state index < -0.39 is 11.9 Å². The van der Waals surface area contributed by atoms with Crippen LogP contribution in [0.1, 0.15) is 251 Å². The maximum absolute atomic E-state index is 10.4. The summed E-state index contributed by atoms with van der Waals surface area (Å²) in [4.78, 5) is 20.7. The van der Waals surface area contributed by atoms with Gasteiger partial charge in [0.05, 0.1) is 0 Å². The van der Waals surface area contributed by atoms with Gasteiger partial charge in [-0.2, -0.15) is 0 Å². The first-order chi connectivity index (χ1) is 22.0. The van der Waals surface area contributed by atoms with E-state index in [1.807, 2.05) is 0 Å². The lowest BCUT2D eigenvalue weighted by atomic mass is 10.0. The second kappa shape index (κ2) is 42.9. The van der Waals surface area contributed by atoms with Crippen molar-refractivity contribution in [2.45, 2.75) is 251 Å². The molecule has 0 aliphatic rings. The van der Waals surface area contributed by atoms with Gasteiger partial charge in [0, 0.05) is 12.8 Å². The Morgan fingerprint density at radius 3 is 0.533 bits per heavy atom. The fraction of sp³-hybridized carbons (Fsp3) is 0.951. The number of carboxylic acids is 2. The third-order valence-electron chi connectivity index (χ3n) is 9.24. The molecule has 0 heterocycles. The van der Waals surface area contributed by atoms with Gasteiger partial charge < -0.3 is 10.2 Å². The normalized spacial score (nSPS) is 11.0. The minimum Gasteiger partial charge on any atom is -0.481 e. The first kappa shape index (κ1) is 46.1. The number of carbonyl (C=O) groups is 2. The highest BCUT2D eigenvalue weighted by Gasteiger charge is 1.99. The van der Waals surface area contributed by atoms with Gasteiger partial charge in [0.15, 0.2) is 0 Å². The van der Waals surface area contributed by atoms with Crippen molar-refractivity contribution >= 4 is 11.9 Å². The Kier molecular flexibility index (Phi) is 44.0. The molecular weight excluding hydrogens is 556 g/mol. The Hall–Kier alpha value is -1.06. The lowest BCUT2D eigenvalue weighted by Crippen LogP contribution is -1.93. The van der Waals surface area contributed by atoms with Gasteiger partial charge in [0.25, 0.3) is 0 Å². The van der Waals surface area contributed by atoms with Gasteiger partial charge in [-0.3, -0.25) is 9.59 Å². The van der Waals surface area contributed by atoms with Crippen LogP contribution in [0, 0.1) is 0 Å². The van der Waals surface area contributed by atoms with E-state index in [0.29, 0.717) is 12.8 Å². The van der Waals surface area contributed by atoms with E-state index in [1.165, 1.54) is 199 Å². The van der Waals surface area contributed by atoms with E-state index in [4.69, 9.17) is 10.2 Å². The van der Waals surface area contributed by atoms with Gasteiger partial charge in [-0.1, -0.05) is 226 Å². The van der Waals surface area contributed by atoms with Crippen LogP contribution in [0.2, 0.25) is 0 Å². The molecule has 0 saturated carbocycles. The Labute approximate surface area is 282 Å². The van der Waals surface area contributed by atoms with Crippen LogP contribution in [-0.4, -0.2) is 22.2 Å². The smallest absolute Gasteiger partial charge is 0.303 e. The minimum atomic E-state index is -0.658. The highest BCUT2D eigenvalue weighted by molar-refractivity contribution is 5.66. The van der Waals surface area contributed by atoms with Gasteiger partial charge in [-0.25, -0.2) is 0 Å². The molecule has 0 aliphatic carbocycles. The molecule has 0 aromatic rings. The predicted octanol–water partition coefficient (Wildman–Crippen LogP) is 14.6. The predicted molar refractivity (Wildman–Crippen MR) is 197 cm³/mol. The average Bonchev–Trinajstić information content (AvgIpc) is 3.02. The van der Waals surface area contributed by atoms with Gasteiger partial charge in [0.1, 0.15) is 0 Å². The molecule has 4 nitrogen and oxygen atoms in total. The van der Waals surface area contributed by atoms with Crippen LogP contribution >= 0.6 is 0 Å². The van der Waals surface area contributed by atoms with Gasteiger partial charge in [-0.05, 0) is 12.8 Å². The molecule has 0 amide bonds. The maximum Gasteiger partial charge on any atom is 0.303 e. The second-order valence-electron chi connectivity index (χ2n) is 14.0. The summed E-state index contributed by atoms with van der Waals surface area (Å²) in [5.41, 5.74) is 0. The van der Waals surface area contributed by atoms with E-state index in [0.717, 1.165) is 25.7 Å². The van der Waals surface area contributed by atoms with Crippen LogP contribution in [0.3, 0.4) is 0 Å². The first-order valence-electron chi connectivity index (χ1n) is 20.5. The van der Waals surface area contributed by atoms with Crippen LogP contribution < -0.4 is 0 Å². The summed E-state index contributed by atoms with van der Waals surface area (Å²) in [6, 6.07) is 0. The quantitative estimate of drug-likeness (QED) is 0.0664. The fourth-order valence-electron chi connectivity index (χ4n) is 6.18. The van der Waals surface area contributed by atoms with E-state index in [2.05, 4.69) is 13.8 Å². The number of rotatable bonds is 37. The Morgan fingerprint density at radius 1 is 0.267 bits per heavy atom. The van der Waals surface area contributed by atoms with Crippen molar-refractivity contribution in [3.63, 3.8) is 0 Å². The van der Waals surface area contributed by atoms with Gasteiger partial charge >= 0.3 is 11.9 Å². The van der Waals surface area contributed by atoms with Gasteiger partial charge in [-0.15, -0.1) is 0 Å².